The molecular formula is C22H18N4O2S. The SMILES string of the molecule is Cc1ccc(N2C(=O)C[C@H](SC(Nc3ccccc3)=C(C#N)C#N)C2=O)cc1C. The first kappa shape index (κ1) is 20.2. The minimum absolute atomic E-state index is 0.000527. The summed E-state index contributed by atoms with van der Waals surface area (Å²) in [5.41, 5.74) is 3.14. The lowest BCUT2D eigenvalue weighted by molar-refractivity contribution is -0.121. The molecule has 1 fully saturated rings. The van der Waals surface area contributed by atoms with Crippen LogP contribution in [-0.2, 0) is 9.59 Å². The summed E-state index contributed by atoms with van der Waals surface area (Å²) in [5, 5.41) is 21.2. The van der Waals surface area contributed by atoms with Crippen LogP contribution in [0.2, 0.25) is 0 Å². The highest BCUT2D eigenvalue weighted by Gasteiger charge is 2.41. The first-order valence-corrected chi connectivity index (χ1v) is 9.79. The van der Waals surface area contributed by atoms with Crippen LogP contribution in [0.15, 0.2) is 59.1 Å². The Balaban J connectivity index is 1.87. The van der Waals surface area contributed by atoms with E-state index in [1.165, 1.54) is 4.90 Å². The molecule has 0 radical (unpaired) electrons. The van der Waals surface area contributed by atoms with E-state index in [1.54, 1.807) is 18.2 Å². The monoisotopic (exact) mass is 402 g/mol. The number of carbonyl (C=O) groups is 2. The summed E-state index contributed by atoms with van der Waals surface area (Å²) in [4.78, 5) is 26.7. The van der Waals surface area contributed by atoms with E-state index in [9.17, 15) is 20.1 Å². The first-order valence-electron chi connectivity index (χ1n) is 8.92. The number of rotatable bonds is 5. The van der Waals surface area contributed by atoms with E-state index >= 15 is 0 Å². The van der Waals surface area contributed by atoms with Gasteiger partial charge in [0.1, 0.15) is 17.2 Å². The van der Waals surface area contributed by atoms with Crippen LogP contribution in [0.5, 0.6) is 0 Å². The Hall–Kier alpha value is -3.55. The van der Waals surface area contributed by atoms with Gasteiger partial charge in [0.25, 0.3) is 0 Å². The molecular weight excluding hydrogens is 384 g/mol. The third kappa shape index (κ3) is 4.31. The van der Waals surface area contributed by atoms with E-state index in [0.29, 0.717) is 11.4 Å². The van der Waals surface area contributed by atoms with Crippen LogP contribution in [0.3, 0.4) is 0 Å². The van der Waals surface area contributed by atoms with Crippen molar-refractivity contribution in [1.82, 2.24) is 0 Å². The standard InChI is InChI=1S/C22H18N4O2S/c1-14-8-9-18(10-15(14)2)26-20(27)11-19(22(26)28)29-21(16(12-23)13-24)25-17-6-4-3-5-7-17/h3-10,19,25H,11H2,1-2H3/t19-/m0/s1. The van der Waals surface area contributed by atoms with E-state index in [2.05, 4.69) is 5.32 Å². The smallest absolute Gasteiger partial charge is 0.247 e. The number of anilines is 2. The van der Waals surface area contributed by atoms with Crippen LogP contribution in [0.1, 0.15) is 17.5 Å². The Bertz CT molecular complexity index is 1060. The molecule has 0 spiro atoms. The third-order valence-corrected chi connectivity index (χ3v) is 5.79. The number of nitrogens with zero attached hydrogens (tertiary/aromatic N) is 3. The third-order valence-electron chi connectivity index (χ3n) is 4.60. The molecule has 0 unspecified atom stereocenters. The lowest BCUT2D eigenvalue weighted by atomic mass is 10.1. The molecule has 1 aliphatic heterocycles. The Morgan fingerprint density at radius 3 is 2.38 bits per heavy atom. The largest absolute Gasteiger partial charge is 0.349 e. The average molecular weight is 402 g/mol. The Morgan fingerprint density at radius 2 is 1.76 bits per heavy atom. The molecule has 1 aliphatic rings. The lowest BCUT2D eigenvalue weighted by Gasteiger charge is -2.17. The summed E-state index contributed by atoms with van der Waals surface area (Å²) in [7, 11) is 0. The minimum atomic E-state index is -0.716. The number of hydrogen-bond acceptors (Lipinski definition) is 6. The second-order valence-electron chi connectivity index (χ2n) is 6.57. The van der Waals surface area contributed by atoms with E-state index in [-0.39, 0.29) is 28.8 Å². The number of imide groups is 1. The van der Waals surface area contributed by atoms with Gasteiger partial charge < -0.3 is 5.32 Å². The zero-order chi connectivity index (χ0) is 21.0. The van der Waals surface area contributed by atoms with Crippen LogP contribution in [-0.4, -0.2) is 17.1 Å². The number of carbonyl (C=O) groups excluding carboxylic acids is 2. The fourth-order valence-corrected chi connectivity index (χ4v) is 4.01. The summed E-state index contributed by atoms with van der Waals surface area (Å²) in [5.74, 6) is -0.656. The Labute approximate surface area is 173 Å². The summed E-state index contributed by atoms with van der Waals surface area (Å²) in [6.45, 7) is 3.88. The van der Waals surface area contributed by atoms with E-state index in [0.717, 1.165) is 22.9 Å². The molecule has 0 saturated carbocycles. The van der Waals surface area contributed by atoms with Gasteiger partial charge in [0.05, 0.1) is 10.9 Å². The van der Waals surface area contributed by atoms with Crippen molar-refractivity contribution >= 4 is 35.0 Å². The number of thioether (sulfide) groups is 1. The maximum absolute atomic E-state index is 13.0. The summed E-state index contributed by atoms with van der Waals surface area (Å²) in [6.07, 6.45) is 0.000527. The highest BCUT2D eigenvalue weighted by Crippen LogP contribution is 2.35. The average Bonchev–Trinajstić information content (AvgIpc) is 2.99. The fraction of sp³-hybridized carbons (Fsp3) is 0.182. The summed E-state index contributed by atoms with van der Waals surface area (Å²) in [6, 6.07) is 18.2. The maximum atomic E-state index is 13.0. The van der Waals surface area contributed by atoms with E-state index < -0.39 is 5.25 Å². The van der Waals surface area contributed by atoms with Gasteiger partial charge in [-0.05, 0) is 49.2 Å². The number of benzene rings is 2. The molecule has 1 saturated heterocycles. The van der Waals surface area contributed by atoms with E-state index in [4.69, 9.17) is 0 Å². The van der Waals surface area contributed by atoms with Gasteiger partial charge in [-0.2, -0.15) is 10.5 Å². The number of aryl methyl sites for hydroxylation is 2. The molecule has 0 aromatic heterocycles. The molecule has 2 aromatic carbocycles. The van der Waals surface area contributed by atoms with Crippen molar-refractivity contribution in [2.45, 2.75) is 25.5 Å². The quantitative estimate of drug-likeness (QED) is 0.599. The number of allylic oxidation sites excluding steroid dienone is 1. The van der Waals surface area contributed by atoms with Gasteiger partial charge in [-0.3, -0.25) is 9.59 Å². The second kappa shape index (κ2) is 8.64. The maximum Gasteiger partial charge on any atom is 0.247 e. The Kier molecular flexibility index (Phi) is 6.01. The molecule has 2 aromatic rings. The fourth-order valence-electron chi connectivity index (χ4n) is 2.90. The van der Waals surface area contributed by atoms with Gasteiger partial charge in [0, 0.05) is 12.1 Å². The van der Waals surface area contributed by atoms with Gasteiger partial charge >= 0.3 is 0 Å². The number of amides is 2. The van der Waals surface area contributed by atoms with E-state index in [1.807, 2.05) is 56.3 Å². The predicted octanol–water partition coefficient (Wildman–Crippen LogP) is 4.04. The number of nitrogens with one attached hydrogen (secondary N) is 1. The highest BCUT2D eigenvalue weighted by atomic mass is 32.2. The minimum Gasteiger partial charge on any atom is -0.349 e. The van der Waals surface area contributed by atoms with Crippen LogP contribution in [0.4, 0.5) is 11.4 Å². The summed E-state index contributed by atoms with van der Waals surface area (Å²) < 4.78 is 0. The molecule has 6 nitrogen and oxygen atoms in total. The highest BCUT2D eigenvalue weighted by molar-refractivity contribution is 8.04. The van der Waals surface area contributed by atoms with Gasteiger partial charge in [-0.15, -0.1) is 0 Å². The topological polar surface area (TPSA) is 97.0 Å². The first-order chi connectivity index (χ1) is 13.9. The lowest BCUT2D eigenvalue weighted by Crippen LogP contribution is -2.31. The molecule has 0 aliphatic carbocycles. The number of hydrogen-bond donors (Lipinski definition) is 1. The number of para-hydroxylation sites is 1. The van der Waals surface area contributed by atoms with Crippen LogP contribution in [0, 0.1) is 36.5 Å². The molecule has 0 bridgehead atoms. The van der Waals surface area contributed by atoms with Crippen molar-refractivity contribution in [3.63, 3.8) is 0 Å². The molecule has 2 amide bonds. The molecule has 1 N–H and O–H groups in total. The second-order valence-corrected chi connectivity index (χ2v) is 7.78. The van der Waals surface area contributed by atoms with Crippen molar-refractivity contribution in [3.8, 4) is 12.1 Å². The van der Waals surface area contributed by atoms with Crippen molar-refractivity contribution in [1.29, 1.82) is 10.5 Å². The molecule has 144 valence electrons. The van der Waals surface area contributed by atoms with Crippen molar-refractivity contribution in [2.24, 2.45) is 0 Å². The normalized spacial score (nSPS) is 15.6. The van der Waals surface area contributed by atoms with Crippen molar-refractivity contribution in [3.05, 3.63) is 70.3 Å². The van der Waals surface area contributed by atoms with Gasteiger partial charge in [-0.25, -0.2) is 4.90 Å². The van der Waals surface area contributed by atoms with Crippen LogP contribution >= 0.6 is 11.8 Å². The predicted molar refractivity (Wildman–Crippen MR) is 113 cm³/mol. The Morgan fingerprint density at radius 1 is 1.07 bits per heavy atom. The molecule has 7 heteroatoms. The van der Waals surface area contributed by atoms with Gasteiger partial charge in [-0.1, -0.05) is 36.0 Å². The zero-order valence-corrected chi connectivity index (χ0v) is 16.8. The van der Waals surface area contributed by atoms with Crippen LogP contribution < -0.4 is 10.2 Å². The summed E-state index contributed by atoms with van der Waals surface area (Å²) >= 11 is 1.03. The molecule has 3 rings (SSSR count). The molecule has 1 atom stereocenters. The number of nitriles is 2. The zero-order valence-electron chi connectivity index (χ0n) is 16.0. The van der Waals surface area contributed by atoms with Gasteiger partial charge in [0.2, 0.25) is 11.8 Å². The van der Waals surface area contributed by atoms with Crippen LogP contribution in [0.25, 0.3) is 0 Å². The molecule has 1 heterocycles. The van der Waals surface area contributed by atoms with Gasteiger partial charge in [0.15, 0.2) is 5.57 Å². The van der Waals surface area contributed by atoms with Crippen molar-refractivity contribution in [2.75, 3.05) is 10.2 Å². The van der Waals surface area contributed by atoms with Crippen molar-refractivity contribution < 1.29 is 9.59 Å². The molecule has 29 heavy (non-hydrogen) atoms.